The first kappa shape index (κ1) is 16.9. The van der Waals surface area contributed by atoms with Crippen LogP contribution in [0.1, 0.15) is 44.0 Å². The zero-order chi connectivity index (χ0) is 15.8. The quantitative estimate of drug-likeness (QED) is 0.836. The Labute approximate surface area is 133 Å². The highest BCUT2D eigenvalue weighted by Gasteiger charge is 2.19. The van der Waals surface area contributed by atoms with E-state index < -0.39 is 0 Å². The van der Waals surface area contributed by atoms with Gasteiger partial charge >= 0.3 is 0 Å². The average Bonchev–Trinajstić information content (AvgIpc) is 2.53. The first-order valence-corrected chi connectivity index (χ1v) is 8.44. The third kappa shape index (κ3) is 5.72. The number of carbonyl (C=O) groups excluding carboxylic acids is 1. The SMILES string of the molecule is CCCN1CCCC(CNC(=O)CCc2ncc(C)cn2)C1. The van der Waals surface area contributed by atoms with Crippen molar-refractivity contribution in [1.82, 2.24) is 20.2 Å². The van der Waals surface area contributed by atoms with Crippen molar-refractivity contribution in [2.45, 2.75) is 46.0 Å². The molecule has 1 aliphatic heterocycles. The van der Waals surface area contributed by atoms with E-state index in [2.05, 4.69) is 27.1 Å². The Morgan fingerprint density at radius 2 is 2.18 bits per heavy atom. The number of nitrogens with one attached hydrogen (secondary N) is 1. The van der Waals surface area contributed by atoms with E-state index in [4.69, 9.17) is 0 Å². The Balaban J connectivity index is 1.65. The number of likely N-dealkylation sites (tertiary alicyclic amines) is 1. The van der Waals surface area contributed by atoms with Crippen LogP contribution in [0.25, 0.3) is 0 Å². The Morgan fingerprint density at radius 3 is 2.91 bits per heavy atom. The second-order valence-corrected chi connectivity index (χ2v) is 6.29. The van der Waals surface area contributed by atoms with Crippen molar-refractivity contribution in [3.8, 4) is 0 Å². The van der Waals surface area contributed by atoms with Crippen molar-refractivity contribution in [1.29, 1.82) is 0 Å². The Hall–Kier alpha value is -1.49. The third-order valence-electron chi connectivity index (χ3n) is 4.14. The minimum absolute atomic E-state index is 0.108. The highest BCUT2D eigenvalue weighted by molar-refractivity contribution is 5.76. The molecule has 22 heavy (non-hydrogen) atoms. The topological polar surface area (TPSA) is 58.1 Å². The van der Waals surface area contributed by atoms with E-state index in [1.165, 1.54) is 32.4 Å². The molecule has 0 radical (unpaired) electrons. The van der Waals surface area contributed by atoms with Crippen LogP contribution in [0.5, 0.6) is 0 Å². The van der Waals surface area contributed by atoms with E-state index >= 15 is 0 Å². The van der Waals surface area contributed by atoms with Gasteiger partial charge in [0.15, 0.2) is 0 Å². The van der Waals surface area contributed by atoms with Gasteiger partial charge in [-0.15, -0.1) is 0 Å². The number of aromatic nitrogens is 2. The first-order chi connectivity index (χ1) is 10.7. The van der Waals surface area contributed by atoms with Crippen LogP contribution in [-0.4, -0.2) is 47.0 Å². The van der Waals surface area contributed by atoms with Crippen molar-refractivity contribution in [2.75, 3.05) is 26.2 Å². The number of aryl methyl sites for hydroxylation is 2. The van der Waals surface area contributed by atoms with Gasteiger partial charge in [-0.3, -0.25) is 4.79 Å². The zero-order valence-electron chi connectivity index (χ0n) is 13.8. The Kier molecular flexibility index (Phi) is 6.77. The van der Waals surface area contributed by atoms with Gasteiger partial charge in [-0.25, -0.2) is 9.97 Å². The van der Waals surface area contributed by atoms with Gasteiger partial charge in [0.1, 0.15) is 5.82 Å². The van der Waals surface area contributed by atoms with Crippen LogP contribution < -0.4 is 5.32 Å². The predicted molar refractivity (Wildman–Crippen MR) is 87.6 cm³/mol. The van der Waals surface area contributed by atoms with Gasteiger partial charge in [0.05, 0.1) is 0 Å². The number of piperidine rings is 1. The molecule has 1 amide bonds. The third-order valence-corrected chi connectivity index (χ3v) is 4.14. The maximum absolute atomic E-state index is 12.0. The van der Waals surface area contributed by atoms with Crippen molar-refractivity contribution < 1.29 is 4.79 Å². The summed E-state index contributed by atoms with van der Waals surface area (Å²) in [6, 6.07) is 0. The predicted octanol–water partition coefficient (Wildman–Crippen LogP) is 1.96. The molecule has 1 saturated heterocycles. The summed E-state index contributed by atoms with van der Waals surface area (Å²) in [4.78, 5) is 22.9. The van der Waals surface area contributed by atoms with Crippen LogP contribution in [0.4, 0.5) is 0 Å². The van der Waals surface area contributed by atoms with E-state index in [-0.39, 0.29) is 5.91 Å². The summed E-state index contributed by atoms with van der Waals surface area (Å²) in [6.45, 7) is 8.49. The molecular formula is C17H28N4O. The molecule has 0 bridgehead atoms. The molecule has 1 aromatic heterocycles. The van der Waals surface area contributed by atoms with Crippen molar-refractivity contribution in [2.24, 2.45) is 5.92 Å². The molecular weight excluding hydrogens is 276 g/mol. The van der Waals surface area contributed by atoms with E-state index in [0.29, 0.717) is 18.8 Å². The van der Waals surface area contributed by atoms with Crippen molar-refractivity contribution in [3.05, 3.63) is 23.8 Å². The van der Waals surface area contributed by atoms with E-state index in [1.807, 2.05) is 6.92 Å². The molecule has 122 valence electrons. The van der Waals surface area contributed by atoms with Gasteiger partial charge in [0.2, 0.25) is 5.91 Å². The lowest BCUT2D eigenvalue weighted by molar-refractivity contribution is -0.121. The molecule has 1 aliphatic rings. The fourth-order valence-corrected chi connectivity index (χ4v) is 2.96. The number of amides is 1. The smallest absolute Gasteiger partial charge is 0.220 e. The molecule has 0 aliphatic carbocycles. The summed E-state index contributed by atoms with van der Waals surface area (Å²) in [5.74, 6) is 1.45. The molecule has 2 heterocycles. The minimum atomic E-state index is 0.108. The molecule has 1 fully saturated rings. The maximum Gasteiger partial charge on any atom is 0.220 e. The summed E-state index contributed by atoms with van der Waals surface area (Å²) in [5, 5.41) is 3.08. The highest BCUT2D eigenvalue weighted by atomic mass is 16.1. The van der Waals surface area contributed by atoms with Gasteiger partial charge in [-0.2, -0.15) is 0 Å². The Morgan fingerprint density at radius 1 is 1.41 bits per heavy atom. The normalized spacial score (nSPS) is 19.1. The van der Waals surface area contributed by atoms with Crippen LogP contribution in [0.3, 0.4) is 0 Å². The van der Waals surface area contributed by atoms with Gasteiger partial charge in [0, 0.05) is 38.3 Å². The average molecular weight is 304 g/mol. The summed E-state index contributed by atoms with van der Waals surface area (Å²) in [7, 11) is 0. The lowest BCUT2D eigenvalue weighted by atomic mass is 9.98. The van der Waals surface area contributed by atoms with Gasteiger partial charge in [0.25, 0.3) is 0 Å². The second kappa shape index (κ2) is 8.83. The molecule has 5 heteroatoms. The monoisotopic (exact) mass is 304 g/mol. The maximum atomic E-state index is 12.0. The molecule has 0 saturated carbocycles. The molecule has 1 aromatic rings. The molecule has 1 atom stereocenters. The lowest BCUT2D eigenvalue weighted by Crippen LogP contribution is -2.41. The number of hydrogen-bond donors (Lipinski definition) is 1. The van der Waals surface area contributed by atoms with Crippen LogP contribution in [0, 0.1) is 12.8 Å². The van der Waals surface area contributed by atoms with Crippen LogP contribution in [-0.2, 0) is 11.2 Å². The first-order valence-electron chi connectivity index (χ1n) is 8.44. The zero-order valence-corrected chi connectivity index (χ0v) is 13.8. The standard InChI is InChI=1S/C17H28N4O/c1-3-8-21-9-4-5-15(13-21)12-20-17(22)7-6-16-18-10-14(2)11-19-16/h10-11,15H,3-9,12-13H2,1-2H3,(H,20,22). The molecule has 0 aromatic carbocycles. The van der Waals surface area contributed by atoms with Gasteiger partial charge < -0.3 is 10.2 Å². The summed E-state index contributed by atoms with van der Waals surface area (Å²) in [5.41, 5.74) is 1.04. The lowest BCUT2D eigenvalue weighted by Gasteiger charge is -2.32. The molecule has 1 unspecified atom stereocenters. The number of carbonyl (C=O) groups is 1. The Bertz CT molecular complexity index is 458. The largest absolute Gasteiger partial charge is 0.356 e. The molecule has 0 spiro atoms. The summed E-state index contributed by atoms with van der Waals surface area (Å²) >= 11 is 0. The van der Waals surface area contributed by atoms with E-state index in [1.54, 1.807) is 12.4 Å². The fraction of sp³-hybridized carbons (Fsp3) is 0.706. The molecule has 2 rings (SSSR count). The van der Waals surface area contributed by atoms with E-state index in [9.17, 15) is 4.79 Å². The number of nitrogens with zero attached hydrogens (tertiary/aromatic N) is 3. The minimum Gasteiger partial charge on any atom is -0.356 e. The molecule has 1 N–H and O–H groups in total. The van der Waals surface area contributed by atoms with Crippen molar-refractivity contribution in [3.63, 3.8) is 0 Å². The van der Waals surface area contributed by atoms with Gasteiger partial charge in [-0.05, 0) is 50.8 Å². The van der Waals surface area contributed by atoms with Gasteiger partial charge in [-0.1, -0.05) is 6.92 Å². The number of hydrogen-bond acceptors (Lipinski definition) is 4. The second-order valence-electron chi connectivity index (χ2n) is 6.29. The summed E-state index contributed by atoms with van der Waals surface area (Å²) in [6.07, 6.45) is 8.34. The van der Waals surface area contributed by atoms with Crippen LogP contribution in [0.15, 0.2) is 12.4 Å². The van der Waals surface area contributed by atoms with E-state index in [0.717, 1.165) is 24.5 Å². The number of rotatable bonds is 7. The highest BCUT2D eigenvalue weighted by Crippen LogP contribution is 2.15. The fourth-order valence-electron chi connectivity index (χ4n) is 2.96. The van der Waals surface area contributed by atoms with Crippen LogP contribution >= 0.6 is 0 Å². The van der Waals surface area contributed by atoms with Crippen molar-refractivity contribution >= 4 is 5.91 Å². The summed E-state index contributed by atoms with van der Waals surface area (Å²) < 4.78 is 0. The van der Waals surface area contributed by atoms with Crippen LogP contribution in [0.2, 0.25) is 0 Å². The molecule has 5 nitrogen and oxygen atoms in total.